The number of fused-ring (bicyclic) bond motifs is 1. The molecule has 2 atom stereocenters. The molecule has 3 fully saturated rings. The maximum absolute atomic E-state index is 10.6. The molecule has 2 saturated heterocycles. The summed E-state index contributed by atoms with van der Waals surface area (Å²) in [5, 5.41) is 14.2. The van der Waals surface area contributed by atoms with Gasteiger partial charge in [0, 0.05) is 42.9 Å². The molecule has 0 aromatic carbocycles. The zero-order valence-electron chi connectivity index (χ0n) is 19.2. The molecule has 1 aromatic rings. The minimum absolute atomic E-state index is 0.232. The van der Waals surface area contributed by atoms with Crippen LogP contribution in [0.4, 0.5) is 26.3 Å². The summed E-state index contributed by atoms with van der Waals surface area (Å²) in [7, 11) is 0. The van der Waals surface area contributed by atoms with E-state index in [0.29, 0.717) is 12.5 Å². The fourth-order valence-electron chi connectivity index (χ4n) is 4.48. The number of halogens is 6. The smallest absolute Gasteiger partial charge is 0.475 e. The Kier molecular flexibility index (Phi) is 10.5. The Morgan fingerprint density at radius 2 is 1.58 bits per heavy atom. The van der Waals surface area contributed by atoms with Crippen molar-refractivity contribution in [3.8, 4) is 0 Å². The van der Waals surface area contributed by atoms with Gasteiger partial charge in [-0.25, -0.2) is 9.59 Å². The summed E-state index contributed by atoms with van der Waals surface area (Å²) in [6, 6.07) is 4.88. The molecule has 0 bridgehead atoms. The predicted molar refractivity (Wildman–Crippen MR) is 112 cm³/mol. The van der Waals surface area contributed by atoms with E-state index in [2.05, 4.69) is 9.88 Å². The average Bonchev–Trinajstić information content (AvgIpc) is 3.50. The van der Waals surface area contributed by atoms with E-state index in [0.717, 1.165) is 25.9 Å². The van der Waals surface area contributed by atoms with Crippen molar-refractivity contribution in [2.24, 2.45) is 11.3 Å². The standard InChI is InChI=1S/C18H26N2O2.2C2HF3O2/c1-2-4-17(3-1)20-9-16-11-22-14-18(16,12-20)13-21-10-15-5-7-19-8-6-15;2*3-2(4,5)1(6)7/h5-8,16-17H,1-4,9-14H2;2*(H,6,7)/t16-,18-;;/m1../s1. The van der Waals surface area contributed by atoms with Gasteiger partial charge in [0.25, 0.3) is 0 Å². The lowest BCUT2D eigenvalue weighted by Crippen LogP contribution is -2.38. The summed E-state index contributed by atoms with van der Waals surface area (Å²) in [6.45, 7) is 5.67. The molecule has 36 heavy (non-hydrogen) atoms. The van der Waals surface area contributed by atoms with Gasteiger partial charge >= 0.3 is 24.3 Å². The van der Waals surface area contributed by atoms with Crippen molar-refractivity contribution >= 4 is 11.9 Å². The summed E-state index contributed by atoms with van der Waals surface area (Å²) in [4.78, 5) is 24.6. The number of hydrogen-bond donors (Lipinski definition) is 2. The summed E-state index contributed by atoms with van der Waals surface area (Å²) < 4.78 is 75.4. The zero-order valence-corrected chi connectivity index (χ0v) is 19.2. The van der Waals surface area contributed by atoms with Crippen LogP contribution in [-0.2, 0) is 25.7 Å². The Morgan fingerprint density at radius 1 is 1.06 bits per heavy atom. The molecule has 0 radical (unpaired) electrons. The quantitative estimate of drug-likeness (QED) is 0.555. The highest BCUT2D eigenvalue weighted by Crippen LogP contribution is 2.44. The van der Waals surface area contributed by atoms with Crippen molar-refractivity contribution in [3.05, 3.63) is 30.1 Å². The summed E-state index contributed by atoms with van der Waals surface area (Å²) in [5.41, 5.74) is 1.43. The molecule has 14 heteroatoms. The Labute approximate surface area is 203 Å². The van der Waals surface area contributed by atoms with Crippen molar-refractivity contribution < 1.29 is 55.6 Å². The molecule has 2 aliphatic heterocycles. The third-order valence-corrected chi connectivity index (χ3v) is 6.28. The number of aliphatic carboxylic acids is 2. The Balaban J connectivity index is 0.000000271. The lowest BCUT2D eigenvalue weighted by atomic mass is 9.82. The van der Waals surface area contributed by atoms with E-state index in [-0.39, 0.29) is 5.41 Å². The van der Waals surface area contributed by atoms with Gasteiger partial charge in [-0.15, -0.1) is 0 Å². The molecular weight excluding hydrogens is 502 g/mol. The molecule has 1 aliphatic carbocycles. The van der Waals surface area contributed by atoms with E-state index < -0.39 is 24.3 Å². The molecule has 0 amide bonds. The first-order valence-corrected chi connectivity index (χ1v) is 11.1. The average molecular weight is 530 g/mol. The number of carboxylic acids is 2. The number of alkyl halides is 6. The summed E-state index contributed by atoms with van der Waals surface area (Å²) in [6.07, 6.45) is -0.906. The molecule has 0 spiro atoms. The van der Waals surface area contributed by atoms with Crippen LogP contribution in [-0.4, -0.2) is 83.3 Å². The summed E-state index contributed by atoms with van der Waals surface area (Å²) >= 11 is 0. The zero-order chi connectivity index (χ0) is 27.0. The highest BCUT2D eigenvalue weighted by Gasteiger charge is 2.52. The number of nitrogens with zero attached hydrogens (tertiary/aromatic N) is 2. The van der Waals surface area contributed by atoms with E-state index in [1.807, 2.05) is 24.5 Å². The fraction of sp³-hybridized carbons (Fsp3) is 0.682. The minimum Gasteiger partial charge on any atom is -0.475 e. The molecule has 0 unspecified atom stereocenters. The van der Waals surface area contributed by atoms with Crippen LogP contribution in [0.25, 0.3) is 0 Å². The number of hydrogen-bond acceptors (Lipinski definition) is 6. The third kappa shape index (κ3) is 8.89. The highest BCUT2D eigenvalue weighted by molar-refractivity contribution is 5.73. The van der Waals surface area contributed by atoms with Gasteiger partial charge in [0.15, 0.2) is 0 Å². The Hall–Kier alpha value is -2.45. The number of ether oxygens (including phenoxy) is 2. The second-order valence-electron chi connectivity index (χ2n) is 8.90. The van der Waals surface area contributed by atoms with Crippen molar-refractivity contribution in [1.29, 1.82) is 0 Å². The first-order chi connectivity index (χ1) is 16.7. The van der Waals surface area contributed by atoms with E-state index >= 15 is 0 Å². The first kappa shape index (κ1) is 29.8. The van der Waals surface area contributed by atoms with Crippen LogP contribution >= 0.6 is 0 Å². The molecule has 3 aliphatic rings. The third-order valence-electron chi connectivity index (χ3n) is 6.28. The summed E-state index contributed by atoms with van der Waals surface area (Å²) in [5.74, 6) is -4.86. The van der Waals surface area contributed by atoms with E-state index in [4.69, 9.17) is 29.3 Å². The molecule has 1 saturated carbocycles. The van der Waals surface area contributed by atoms with Crippen LogP contribution in [0.15, 0.2) is 24.5 Å². The fourth-order valence-corrected chi connectivity index (χ4v) is 4.48. The molecule has 204 valence electrons. The molecule has 2 N–H and O–H groups in total. The van der Waals surface area contributed by atoms with Crippen molar-refractivity contribution in [2.75, 3.05) is 32.9 Å². The molecular formula is C22H28F6N2O6. The lowest BCUT2D eigenvalue weighted by Gasteiger charge is -2.29. The van der Waals surface area contributed by atoms with Crippen LogP contribution in [0.3, 0.4) is 0 Å². The second-order valence-corrected chi connectivity index (χ2v) is 8.90. The van der Waals surface area contributed by atoms with Crippen molar-refractivity contribution in [3.63, 3.8) is 0 Å². The van der Waals surface area contributed by atoms with Crippen LogP contribution in [0.1, 0.15) is 31.2 Å². The molecule has 8 nitrogen and oxygen atoms in total. The van der Waals surface area contributed by atoms with Gasteiger partial charge in [-0.2, -0.15) is 26.3 Å². The number of pyridine rings is 1. The maximum Gasteiger partial charge on any atom is 0.490 e. The minimum atomic E-state index is -5.08. The van der Waals surface area contributed by atoms with E-state index in [1.54, 1.807) is 0 Å². The topological polar surface area (TPSA) is 109 Å². The SMILES string of the molecule is O=C(O)C(F)(F)F.O=C(O)C(F)(F)F.c1cc(COC[C@]23COC[C@H]2CN(C2CCCC2)C3)ccn1. The number of likely N-dealkylation sites (tertiary alicyclic amines) is 1. The van der Waals surface area contributed by atoms with Crippen LogP contribution < -0.4 is 0 Å². The Bertz CT molecular complexity index is 824. The maximum atomic E-state index is 10.6. The van der Waals surface area contributed by atoms with Crippen LogP contribution in [0.2, 0.25) is 0 Å². The lowest BCUT2D eigenvalue weighted by molar-refractivity contribution is -0.193. The van der Waals surface area contributed by atoms with Crippen LogP contribution in [0, 0.1) is 11.3 Å². The van der Waals surface area contributed by atoms with Gasteiger partial charge in [-0.05, 0) is 30.5 Å². The number of carbonyl (C=O) groups is 2. The number of carboxylic acid groups (broad SMARTS) is 2. The van der Waals surface area contributed by atoms with Gasteiger partial charge in [-0.1, -0.05) is 12.8 Å². The van der Waals surface area contributed by atoms with Crippen molar-refractivity contribution in [1.82, 2.24) is 9.88 Å². The highest BCUT2D eigenvalue weighted by atomic mass is 19.4. The van der Waals surface area contributed by atoms with Gasteiger partial charge in [0.1, 0.15) is 0 Å². The van der Waals surface area contributed by atoms with Crippen molar-refractivity contribution in [2.45, 2.75) is 50.7 Å². The molecule has 3 heterocycles. The van der Waals surface area contributed by atoms with E-state index in [1.165, 1.54) is 44.3 Å². The van der Waals surface area contributed by atoms with Crippen LogP contribution in [0.5, 0.6) is 0 Å². The van der Waals surface area contributed by atoms with Gasteiger partial charge < -0.3 is 19.7 Å². The number of aromatic nitrogens is 1. The van der Waals surface area contributed by atoms with E-state index in [9.17, 15) is 26.3 Å². The first-order valence-electron chi connectivity index (χ1n) is 11.1. The largest absolute Gasteiger partial charge is 0.490 e. The monoisotopic (exact) mass is 530 g/mol. The Morgan fingerprint density at radius 3 is 2.08 bits per heavy atom. The molecule has 1 aromatic heterocycles. The number of rotatable bonds is 5. The molecule has 4 rings (SSSR count). The normalized spacial score (nSPS) is 24.3. The second kappa shape index (κ2) is 12.7. The van der Waals surface area contributed by atoms with Gasteiger partial charge in [0.2, 0.25) is 0 Å². The predicted octanol–water partition coefficient (Wildman–Crippen LogP) is 3.76. The van der Waals surface area contributed by atoms with Gasteiger partial charge in [0.05, 0.1) is 26.4 Å². The van der Waals surface area contributed by atoms with Gasteiger partial charge in [-0.3, -0.25) is 9.88 Å².